The Hall–Kier alpha value is -4.04. The quantitative estimate of drug-likeness (QED) is 0.267. The van der Waals surface area contributed by atoms with E-state index in [1.165, 1.54) is 18.4 Å². The van der Waals surface area contributed by atoms with E-state index < -0.39 is 0 Å². The van der Waals surface area contributed by atoms with Gasteiger partial charge in [0.15, 0.2) is 16.6 Å². The van der Waals surface area contributed by atoms with Crippen LogP contribution >= 0.6 is 12.2 Å². The minimum atomic E-state index is -0.117. The Morgan fingerprint density at radius 2 is 1.70 bits per heavy atom. The number of aromatic nitrogens is 2. The number of pyridine rings is 1. The van der Waals surface area contributed by atoms with E-state index in [1.807, 2.05) is 30.5 Å². The fourth-order valence-corrected chi connectivity index (χ4v) is 6.69. The number of hydrogen-bond donors (Lipinski definition) is 1. The van der Waals surface area contributed by atoms with E-state index in [2.05, 4.69) is 71.1 Å². The first-order chi connectivity index (χ1) is 19.6. The van der Waals surface area contributed by atoms with E-state index >= 15 is 0 Å². The van der Waals surface area contributed by atoms with Gasteiger partial charge >= 0.3 is 0 Å². The first kappa shape index (κ1) is 25.0. The fraction of sp³-hybridized carbons (Fsp3) is 0.312. The maximum atomic E-state index is 6.24. The summed E-state index contributed by atoms with van der Waals surface area (Å²) in [6, 6.07) is 22.5. The highest BCUT2D eigenvalue weighted by atomic mass is 32.1. The highest BCUT2D eigenvalue weighted by molar-refractivity contribution is 7.80. The summed E-state index contributed by atoms with van der Waals surface area (Å²) in [6.45, 7) is 4.56. The Bertz CT molecular complexity index is 1550. The Balaban J connectivity index is 1.29. The van der Waals surface area contributed by atoms with Gasteiger partial charge in [-0.05, 0) is 112 Å². The molecule has 2 aliphatic heterocycles. The minimum Gasteiger partial charge on any atom is -0.490 e. The zero-order valence-corrected chi connectivity index (χ0v) is 23.5. The number of fused-ring (bicyclic) bond motifs is 1. The van der Waals surface area contributed by atoms with Gasteiger partial charge in [0, 0.05) is 35.0 Å². The Morgan fingerprint density at radius 3 is 2.48 bits per heavy atom. The molecule has 0 radical (unpaired) electrons. The maximum Gasteiger partial charge on any atom is 0.231 e. The first-order valence-corrected chi connectivity index (χ1v) is 14.3. The van der Waals surface area contributed by atoms with Crippen LogP contribution in [0.2, 0.25) is 0 Å². The standard InChI is InChI=1S/C32H32N4O3S/c1-20-17-26(21(2)35(20)23-12-15-28-29(18-23)38-19-37-28)31-30(27-9-5-6-16-33-27)34-32(40)36(31)22-10-13-25(14-11-22)39-24-7-3-4-8-24/h5-6,9-18,24,30-31H,3-4,7-8,19H2,1-2H3,(H,34,40). The lowest BCUT2D eigenvalue weighted by molar-refractivity contribution is 0.174. The van der Waals surface area contributed by atoms with E-state index in [0.717, 1.165) is 58.5 Å². The summed E-state index contributed by atoms with van der Waals surface area (Å²) < 4.78 is 19.7. The number of nitrogens with zero attached hydrogens (tertiary/aromatic N) is 3. The van der Waals surface area contributed by atoms with Crippen molar-refractivity contribution in [2.45, 2.75) is 57.7 Å². The first-order valence-electron chi connectivity index (χ1n) is 13.9. The van der Waals surface area contributed by atoms with Gasteiger partial charge < -0.3 is 29.0 Å². The lowest BCUT2D eigenvalue weighted by atomic mass is 9.96. The van der Waals surface area contributed by atoms with Gasteiger partial charge in [-0.25, -0.2) is 0 Å². The van der Waals surface area contributed by atoms with E-state index in [9.17, 15) is 0 Å². The average Bonchev–Trinajstić information content (AvgIpc) is 3.77. The predicted octanol–water partition coefficient (Wildman–Crippen LogP) is 6.72. The molecule has 40 heavy (non-hydrogen) atoms. The number of benzene rings is 2. The van der Waals surface area contributed by atoms with Crippen LogP contribution in [0.25, 0.3) is 5.69 Å². The van der Waals surface area contributed by atoms with E-state index in [-0.39, 0.29) is 18.9 Å². The number of thiocarbonyl (C=S) groups is 1. The predicted molar refractivity (Wildman–Crippen MR) is 159 cm³/mol. The summed E-state index contributed by atoms with van der Waals surface area (Å²) in [5.41, 5.74) is 6.46. The average molecular weight is 553 g/mol. The molecule has 1 aliphatic carbocycles. The van der Waals surface area contributed by atoms with Crippen molar-refractivity contribution >= 4 is 23.0 Å². The second-order valence-electron chi connectivity index (χ2n) is 10.7. The number of rotatable bonds is 6. The molecule has 8 heteroatoms. The van der Waals surface area contributed by atoms with Crippen molar-refractivity contribution < 1.29 is 14.2 Å². The van der Waals surface area contributed by atoms with Gasteiger partial charge in [-0.15, -0.1) is 0 Å². The van der Waals surface area contributed by atoms with Crippen LogP contribution in [-0.4, -0.2) is 27.6 Å². The van der Waals surface area contributed by atoms with Gasteiger partial charge in [0.25, 0.3) is 0 Å². The highest BCUT2D eigenvalue weighted by Crippen LogP contribution is 2.44. The summed E-state index contributed by atoms with van der Waals surface area (Å²) in [6.07, 6.45) is 6.92. The van der Waals surface area contributed by atoms with Crippen molar-refractivity contribution in [2.24, 2.45) is 0 Å². The molecule has 2 fully saturated rings. The monoisotopic (exact) mass is 552 g/mol. The molecule has 4 aromatic rings. The van der Waals surface area contributed by atoms with Crippen LogP contribution in [0.15, 0.2) is 72.9 Å². The number of anilines is 1. The molecule has 2 aromatic heterocycles. The fourth-order valence-electron chi connectivity index (χ4n) is 6.34. The van der Waals surface area contributed by atoms with Crippen molar-refractivity contribution in [2.75, 3.05) is 11.7 Å². The topological polar surface area (TPSA) is 60.8 Å². The molecule has 2 unspecified atom stereocenters. The Morgan fingerprint density at radius 1 is 0.925 bits per heavy atom. The zero-order chi connectivity index (χ0) is 27.2. The van der Waals surface area contributed by atoms with Crippen LogP contribution in [0.5, 0.6) is 17.2 Å². The summed E-state index contributed by atoms with van der Waals surface area (Å²) in [7, 11) is 0. The normalized spacial score (nSPS) is 20.2. The number of hydrogen-bond acceptors (Lipinski definition) is 5. The zero-order valence-electron chi connectivity index (χ0n) is 22.7. The highest BCUT2D eigenvalue weighted by Gasteiger charge is 2.42. The van der Waals surface area contributed by atoms with Crippen molar-refractivity contribution in [1.29, 1.82) is 0 Å². The lowest BCUT2D eigenvalue weighted by Crippen LogP contribution is -2.29. The molecule has 1 saturated heterocycles. The largest absolute Gasteiger partial charge is 0.490 e. The molecule has 3 aliphatic rings. The summed E-state index contributed by atoms with van der Waals surface area (Å²) in [5, 5.41) is 4.27. The van der Waals surface area contributed by atoms with Crippen LogP contribution in [-0.2, 0) is 0 Å². The van der Waals surface area contributed by atoms with Crippen LogP contribution < -0.4 is 24.4 Å². The van der Waals surface area contributed by atoms with Gasteiger partial charge in [-0.1, -0.05) is 6.07 Å². The molecule has 0 spiro atoms. The van der Waals surface area contributed by atoms with E-state index in [0.29, 0.717) is 11.2 Å². The number of ether oxygens (including phenoxy) is 3. The molecular formula is C32H32N4O3S. The van der Waals surface area contributed by atoms with Crippen molar-refractivity contribution in [3.05, 3.63) is 95.6 Å². The molecule has 7 rings (SSSR count). The summed E-state index contributed by atoms with van der Waals surface area (Å²) >= 11 is 5.97. The van der Waals surface area contributed by atoms with Crippen molar-refractivity contribution in [1.82, 2.24) is 14.9 Å². The molecule has 1 saturated carbocycles. The summed E-state index contributed by atoms with van der Waals surface area (Å²) in [4.78, 5) is 6.94. The number of nitrogens with one attached hydrogen (secondary N) is 1. The van der Waals surface area contributed by atoms with Crippen molar-refractivity contribution in [3.8, 4) is 22.9 Å². The van der Waals surface area contributed by atoms with Gasteiger partial charge in [0.1, 0.15) is 5.75 Å². The maximum absolute atomic E-state index is 6.24. The second kappa shape index (κ2) is 10.2. The third-order valence-corrected chi connectivity index (χ3v) is 8.54. The molecule has 2 aromatic carbocycles. The van der Waals surface area contributed by atoms with Gasteiger partial charge in [0.05, 0.1) is 23.9 Å². The molecular weight excluding hydrogens is 520 g/mol. The van der Waals surface area contributed by atoms with E-state index in [1.54, 1.807) is 0 Å². The van der Waals surface area contributed by atoms with Gasteiger partial charge in [0.2, 0.25) is 6.79 Å². The van der Waals surface area contributed by atoms with Crippen LogP contribution in [0.4, 0.5) is 5.69 Å². The third kappa shape index (κ3) is 4.36. The third-order valence-electron chi connectivity index (χ3n) is 8.22. The summed E-state index contributed by atoms with van der Waals surface area (Å²) in [5.74, 6) is 2.45. The Kier molecular flexibility index (Phi) is 6.35. The molecule has 2 atom stereocenters. The molecule has 0 bridgehead atoms. The molecule has 1 N–H and O–H groups in total. The van der Waals surface area contributed by atoms with E-state index in [4.69, 9.17) is 31.4 Å². The molecule has 7 nitrogen and oxygen atoms in total. The molecule has 4 heterocycles. The van der Waals surface area contributed by atoms with Crippen LogP contribution in [0, 0.1) is 13.8 Å². The van der Waals surface area contributed by atoms with Gasteiger partial charge in [-0.2, -0.15) is 0 Å². The minimum absolute atomic E-state index is 0.0991. The number of aryl methyl sites for hydroxylation is 1. The van der Waals surface area contributed by atoms with Crippen LogP contribution in [0.3, 0.4) is 0 Å². The lowest BCUT2D eigenvalue weighted by Gasteiger charge is -2.28. The molecule has 0 amide bonds. The second-order valence-corrected chi connectivity index (χ2v) is 11.1. The Labute approximate surface area is 239 Å². The molecule has 204 valence electrons. The SMILES string of the molecule is Cc1cc(C2C(c3ccccn3)NC(=S)N2c2ccc(OC3CCCC3)cc2)c(C)n1-c1ccc2c(c1)OCO2. The van der Waals surface area contributed by atoms with Crippen LogP contribution in [0.1, 0.15) is 60.4 Å². The van der Waals surface area contributed by atoms with Crippen molar-refractivity contribution in [3.63, 3.8) is 0 Å². The van der Waals surface area contributed by atoms with Gasteiger partial charge in [-0.3, -0.25) is 4.98 Å². The smallest absolute Gasteiger partial charge is 0.231 e.